The number of hydrogen-bond acceptors (Lipinski definition) is 7. The molecule has 0 bridgehead atoms. The molecule has 2 aromatic heterocycles. The molecule has 1 aromatic carbocycles. The molecule has 25 heavy (non-hydrogen) atoms. The molecule has 0 radical (unpaired) electrons. The van der Waals surface area contributed by atoms with Gasteiger partial charge < -0.3 is 4.74 Å². The first-order valence-corrected chi connectivity index (χ1v) is 9.74. The van der Waals surface area contributed by atoms with Crippen LogP contribution >= 0.6 is 11.3 Å². The molecule has 2 heterocycles. The molecule has 1 N–H and O–H groups in total. The lowest BCUT2D eigenvalue weighted by Crippen LogP contribution is -2.17. The maximum atomic E-state index is 12.8. The summed E-state index contributed by atoms with van der Waals surface area (Å²) in [6.45, 7) is 5.33. The van der Waals surface area contributed by atoms with Gasteiger partial charge in [0.05, 0.1) is 17.9 Å². The Morgan fingerprint density at radius 2 is 2.12 bits per heavy atom. The van der Waals surface area contributed by atoms with E-state index in [1.54, 1.807) is 39.0 Å². The van der Waals surface area contributed by atoms with Crippen LogP contribution in [0.5, 0.6) is 0 Å². The maximum absolute atomic E-state index is 12.8. The van der Waals surface area contributed by atoms with E-state index in [1.807, 2.05) is 0 Å². The number of aryl methyl sites for hydroxylation is 2. The van der Waals surface area contributed by atoms with E-state index >= 15 is 0 Å². The van der Waals surface area contributed by atoms with E-state index in [1.165, 1.54) is 21.9 Å². The Hall–Kier alpha value is -2.46. The number of imidazole rings is 1. The number of benzene rings is 1. The molecule has 0 unspecified atom stereocenters. The van der Waals surface area contributed by atoms with Crippen LogP contribution in [0.3, 0.4) is 0 Å². The topological polar surface area (TPSA) is 103 Å². The van der Waals surface area contributed by atoms with Gasteiger partial charge in [-0.1, -0.05) is 17.4 Å². The Morgan fingerprint density at radius 3 is 2.84 bits per heavy atom. The van der Waals surface area contributed by atoms with Gasteiger partial charge in [0.25, 0.3) is 10.0 Å². The molecule has 0 amide bonds. The van der Waals surface area contributed by atoms with Gasteiger partial charge in [-0.25, -0.2) is 9.78 Å². The van der Waals surface area contributed by atoms with Crippen molar-refractivity contribution in [1.29, 1.82) is 0 Å². The fourth-order valence-corrected chi connectivity index (χ4v) is 4.53. The van der Waals surface area contributed by atoms with Crippen molar-refractivity contribution in [3.05, 3.63) is 40.5 Å². The molecule has 0 aliphatic carbocycles. The normalized spacial score (nSPS) is 11.6. The van der Waals surface area contributed by atoms with Crippen LogP contribution < -0.4 is 4.72 Å². The van der Waals surface area contributed by atoms with Gasteiger partial charge >= 0.3 is 5.97 Å². The number of hydrogen-bond donors (Lipinski definition) is 1. The highest BCUT2D eigenvalue weighted by molar-refractivity contribution is 7.92. The molecule has 0 aliphatic rings. The van der Waals surface area contributed by atoms with Gasteiger partial charge in [0.15, 0.2) is 0 Å². The largest absolute Gasteiger partial charge is 0.462 e. The summed E-state index contributed by atoms with van der Waals surface area (Å²) in [5.41, 5.74) is 0.876. The van der Waals surface area contributed by atoms with E-state index in [0.29, 0.717) is 15.7 Å². The first kappa shape index (κ1) is 17.4. The number of ether oxygens (including phenoxy) is 1. The Labute approximate surface area is 148 Å². The van der Waals surface area contributed by atoms with Crippen molar-refractivity contribution < 1.29 is 17.9 Å². The maximum Gasteiger partial charge on any atom is 0.338 e. The Balaban J connectivity index is 1.97. The van der Waals surface area contributed by atoms with Crippen molar-refractivity contribution in [3.63, 3.8) is 0 Å². The first-order valence-electron chi connectivity index (χ1n) is 7.44. The van der Waals surface area contributed by atoms with E-state index in [2.05, 4.69) is 14.8 Å². The molecule has 0 aliphatic heterocycles. The zero-order valence-electron chi connectivity index (χ0n) is 13.8. The quantitative estimate of drug-likeness (QED) is 0.682. The summed E-state index contributed by atoms with van der Waals surface area (Å²) in [6, 6.07) is 6.12. The number of anilines is 1. The van der Waals surface area contributed by atoms with Gasteiger partial charge in [0.2, 0.25) is 9.99 Å². The monoisotopic (exact) mass is 380 g/mol. The lowest BCUT2D eigenvalue weighted by Gasteiger charge is -2.09. The summed E-state index contributed by atoms with van der Waals surface area (Å²) in [5.74, 6) is -0.512. The lowest BCUT2D eigenvalue weighted by molar-refractivity contribution is 0.0526. The average molecular weight is 380 g/mol. The Morgan fingerprint density at radius 1 is 1.36 bits per heavy atom. The molecule has 8 nitrogen and oxygen atoms in total. The SMILES string of the molecule is CCOC(=O)c1cccc(NS(=O)(=O)c2c(C)nc3sc(C)nn23)c1. The fraction of sp³-hybridized carbons (Fsp3) is 0.267. The van der Waals surface area contributed by atoms with Crippen LogP contribution in [0, 0.1) is 13.8 Å². The third-order valence-corrected chi connectivity index (χ3v) is 5.61. The number of carbonyl (C=O) groups excluding carboxylic acids is 1. The van der Waals surface area contributed by atoms with E-state index < -0.39 is 16.0 Å². The number of nitrogens with one attached hydrogen (secondary N) is 1. The molecule has 132 valence electrons. The number of sulfonamides is 1. The predicted octanol–water partition coefficient (Wildman–Crippen LogP) is 2.39. The van der Waals surface area contributed by atoms with Gasteiger partial charge in [-0.15, -0.1) is 0 Å². The van der Waals surface area contributed by atoms with Crippen LogP contribution in [0.2, 0.25) is 0 Å². The summed E-state index contributed by atoms with van der Waals surface area (Å²) in [7, 11) is -3.93. The van der Waals surface area contributed by atoms with Crippen molar-refractivity contribution in [2.45, 2.75) is 25.8 Å². The van der Waals surface area contributed by atoms with Gasteiger partial charge in [0, 0.05) is 5.69 Å². The number of carbonyl (C=O) groups is 1. The molecule has 3 rings (SSSR count). The van der Waals surface area contributed by atoms with E-state index in [9.17, 15) is 13.2 Å². The standard InChI is InChI=1S/C15H16N4O4S2/c1-4-23-14(20)11-6-5-7-12(8-11)18-25(21,22)13-9(2)16-15-19(13)17-10(3)24-15/h5-8,18H,4H2,1-3H3. The second-order valence-corrected chi connectivity index (χ2v) is 7.98. The molecular weight excluding hydrogens is 364 g/mol. The zero-order chi connectivity index (χ0) is 18.2. The molecule has 3 aromatic rings. The van der Waals surface area contributed by atoms with Crippen LogP contribution in [0.15, 0.2) is 29.3 Å². The highest BCUT2D eigenvalue weighted by Crippen LogP contribution is 2.24. The van der Waals surface area contributed by atoms with Crippen molar-refractivity contribution in [3.8, 4) is 0 Å². The molecule has 0 saturated carbocycles. The van der Waals surface area contributed by atoms with Gasteiger partial charge in [-0.05, 0) is 39.0 Å². The number of fused-ring (bicyclic) bond motifs is 1. The van der Waals surface area contributed by atoms with Crippen molar-refractivity contribution in [2.75, 3.05) is 11.3 Å². The van der Waals surface area contributed by atoms with Gasteiger partial charge in [0.1, 0.15) is 5.01 Å². The predicted molar refractivity (Wildman–Crippen MR) is 93.5 cm³/mol. The van der Waals surface area contributed by atoms with Gasteiger partial charge in [-0.3, -0.25) is 4.72 Å². The van der Waals surface area contributed by atoms with Gasteiger partial charge in [-0.2, -0.15) is 18.0 Å². The van der Waals surface area contributed by atoms with E-state index in [0.717, 1.165) is 0 Å². The third-order valence-electron chi connectivity index (χ3n) is 3.31. The number of rotatable bonds is 5. The molecule has 10 heteroatoms. The van der Waals surface area contributed by atoms with Crippen LogP contribution in [0.25, 0.3) is 4.96 Å². The van der Waals surface area contributed by atoms with Crippen LogP contribution in [-0.4, -0.2) is 35.6 Å². The second-order valence-electron chi connectivity index (χ2n) is 5.22. The third kappa shape index (κ3) is 3.35. The van der Waals surface area contributed by atoms with Crippen molar-refractivity contribution in [1.82, 2.24) is 14.6 Å². The molecule has 0 spiro atoms. The lowest BCUT2D eigenvalue weighted by atomic mass is 10.2. The molecule has 0 saturated heterocycles. The smallest absolute Gasteiger partial charge is 0.338 e. The minimum Gasteiger partial charge on any atom is -0.462 e. The molecule has 0 atom stereocenters. The number of aromatic nitrogens is 3. The average Bonchev–Trinajstić information content (AvgIpc) is 3.01. The second kappa shape index (κ2) is 6.45. The van der Waals surface area contributed by atoms with E-state index in [4.69, 9.17) is 4.74 Å². The van der Waals surface area contributed by atoms with Crippen molar-refractivity contribution >= 4 is 38.0 Å². The molecule has 0 fully saturated rings. The Bertz CT molecular complexity index is 1050. The van der Waals surface area contributed by atoms with Crippen LogP contribution in [0.1, 0.15) is 28.0 Å². The number of nitrogens with zero attached hydrogens (tertiary/aromatic N) is 3. The summed E-state index contributed by atoms with van der Waals surface area (Å²) in [6.07, 6.45) is 0. The zero-order valence-corrected chi connectivity index (χ0v) is 15.4. The van der Waals surface area contributed by atoms with Crippen molar-refractivity contribution in [2.24, 2.45) is 0 Å². The highest BCUT2D eigenvalue weighted by atomic mass is 32.2. The number of esters is 1. The summed E-state index contributed by atoms with van der Waals surface area (Å²) in [5, 5.41) is 4.88. The summed E-state index contributed by atoms with van der Waals surface area (Å²) >= 11 is 1.31. The Kier molecular flexibility index (Phi) is 4.48. The first-order chi connectivity index (χ1) is 11.8. The summed E-state index contributed by atoms with van der Waals surface area (Å²) < 4.78 is 34.3. The molecular formula is C15H16N4O4S2. The highest BCUT2D eigenvalue weighted by Gasteiger charge is 2.25. The minimum atomic E-state index is -3.93. The summed E-state index contributed by atoms with van der Waals surface area (Å²) in [4.78, 5) is 16.5. The van der Waals surface area contributed by atoms with Crippen LogP contribution in [0.4, 0.5) is 5.69 Å². The van der Waals surface area contributed by atoms with E-state index in [-0.39, 0.29) is 22.9 Å². The minimum absolute atomic E-state index is 0.0200. The van der Waals surface area contributed by atoms with Crippen LogP contribution in [-0.2, 0) is 14.8 Å². The fourth-order valence-electron chi connectivity index (χ4n) is 2.36.